The summed E-state index contributed by atoms with van der Waals surface area (Å²) in [5, 5.41) is 2.56. The van der Waals surface area contributed by atoms with Crippen molar-refractivity contribution in [3.63, 3.8) is 0 Å². The van der Waals surface area contributed by atoms with Crippen LogP contribution in [0.3, 0.4) is 0 Å². The Balaban J connectivity index is 1.88. The highest BCUT2D eigenvalue weighted by Gasteiger charge is 2.28. The lowest BCUT2D eigenvalue weighted by molar-refractivity contribution is 0.102. The van der Waals surface area contributed by atoms with E-state index < -0.39 is 26.0 Å². The lowest BCUT2D eigenvalue weighted by Crippen LogP contribution is -2.26. The van der Waals surface area contributed by atoms with Gasteiger partial charge in [-0.3, -0.25) is 4.79 Å². The van der Waals surface area contributed by atoms with Crippen molar-refractivity contribution in [1.82, 2.24) is 9.03 Å². The maximum atomic E-state index is 12.6. The number of rotatable bonds is 7. The summed E-state index contributed by atoms with van der Waals surface area (Å²) in [7, 11) is -4.67. The van der Waals surface area contributed by atoms with E-state index in [0.29, 0.717) is 0 Å². The van der Waals surface area contributed by atoms with E-state index in [9.17, 15) is 21.6 Å². The Morgan fingerprint density at radius 3 is 2.32 bits per heavy atom. The minimum absolute atomic E-state index is 0.0127. The minimum Gasteiger partial charge on any atom is -0.321 e. The van der Waals surface area contributed by atoms with E-state index in [1.54, 1.807) is 12.1 Å². The van der Waals surface area contributed by atoms with Gasteiger partial charge < -0.3 is 5.32 Å². The molecular weight excluding hydrogens is 402 g/mol. The van der Waals surface area contributed by atoms with Gasteiger partial charge in [0, 0.05) is 25.7 Å². The van der Waals surface area contributed by atoms with Crippen LogP contribution in [0.4, 0.5) is 5.69 Å². The molecule has 1 aliphatic carbocycles. The van der Waals surface area contributed by atoms with Gasteiger partial charge >= 0.3 is 0 Å². The van der Waals surface area contributed by atoms with Crippen molar-refractivity contribution in [3.05, 3.63) is 54.1 Å². The molecule has 150 valence electrons. The van der Waals surface area contributed by atoms with Crippen LogP contribution >= 0.6 is 0 Å². The van der Waals surface area contributed by atoms with Crippen LogP contribution in [-0.4, -0.2) is 47.2 Å². The molecule has 0 aliphatic heterocycles. The largest absolute Gasteiger partial charge is 0.321 e. The van der Waals surface area contributed by atoms with Crippen LogP contribution in [0, 0.1) is 0 Å². The summed E-state index contributed by atoms with van der Waals surface area (Å²) in [5.74, 6) is -0.607. The number of benzene rings is 2. The van der Waals surface area contributed by atoms with E-state index in [-0.39, 0.29) is 27.1 Å². The third kappa shape index (κ3) is 4.41. The molecule has 3 rings (SSSR count). The van der Waals surface area contributed by atoms with Gasteiger partial charge in [-0.1, -0.05) is 18.2 Å². The molecule has 0 spiro atoms. The summed E-state index contributed by atoms with van der Waals surface area (Å²) in [6.45, 7) is 0. The van der Waals surface area contributed by atoms with Crippen LogP contribution in [-0.2, 0) is 20.0 Å². The third-order valence-corrected chi connectivity index (χ3v) is 7.59. The summed E-state index contributed by atoms with van der Waals surface area (Å²) >= 11 is 0. The van der Waals surface area contributed by atoms with E-state index in [0.717, 1.165) is 17.1 Å². The van der Waals surface area contributed by atoms with E-state index in [4.69, 9.17) is 0 Å². The highest BCUT2D eigenvalue weighted by molar-refractivity contribution is 7.89. The standard InChI is InChI=1S/C18H21N3O5S2/c1-21(2)28(25,26)17-9-4-3-8-16(17)19-18(22)13-6-5-7-15(12-13)27(23,24)20-14-10-11-14/h3-9,12,14,20H,10-11H2,1-2H3,(H,19,22). The van der Waals surface area contributed by atoms with Gasteiger partial charge in [0.15, 0.2) is 0 Å². The average molecular weight is 424 g/mol. The van der Waals surface area contributed by atoms with Crippen LogP contribution in [0.2, 0.25) is 0 Å². The smallest absolute Gasteiger partial charge is 0.255 e. The predicted octanol–water partition coefficient (Wildman–Crippen LogP) is 1.63. The molecule has 0 bridgehead atoms. The van der Waals surface area contributed by atoms with Crippen molar-refractivity contribution in [2.45, 2.75) is 28.7 Å². The van der Waals surface area contributed by atoms with E-state index in [1.807, 2.05) is 0 Å². The average Bonchev–Trinajstić information content (AvgIpc) is 3.45. The van der Waals surface area contributed by atoms with Gasteiger partial charge in [-0.2, -0.15) is 0 Å². The number of sulfonamides is 2. The number of hydrogen-bond acceptors (Lipinski definition) is 5. The normalized spacial score (nSPS) is 14.8. The van der Waals surface area contributed by atoms with Gasteiger partial charge in [0.1, 0.15) is 4.90 Å². The molecule has 0 atom stereocenters. The molecule has 1 saturated carbocycles. The fraction of sp³-hybridized carbons (Fsp3) is 0.278. The number of amides is 1. The van der Waals surface area contributed by atoms with Crippen molar-refractivity contribution in [2.24, 2.45) is 0 Å². The molecule has 0 radical (unpaired) electrons. The summed E-state index contributed by atoms with van der Waals surface area (Å²) < 4.78 is 53.2. The van der Waals surface area contributed by atoms with Crippen molar-refractivity contribution in [1.29, 1.82) is 0 Å². The summed E-state index contributed by atoms with van der Waals surface area (Å²) in [6, 6.07) is 11.6. The lowest BCUT2D eigenvalue weighted by Gasteiger charge is -2.15. The number of nitrogens with zero attached hydrogens (tertiary/aromatic N) is 1. The van der Waals surface area contributed by atoms with Gasteiger partial charge in [0.2, 0.25) is 20.0 Å². The molecule has 1 fully saturated rings. The number of nitrogens with one attached hydrogen (secondary N) is 2. The van der Waals surface area contributed by atoms with E-state index in [2.05, 4.69) is 10.0 Å². The SMILES string of the molecule is CN(C)S(=O)(=O)c1ccccc1NC(=O)c1cccc(S(=O)(=O)NC2CC2)c1. The van der Waals surface area contributed by atoms with Crippen molar-refractivity contribution < 1.29 is 21.6 Å². The third-order valence-electron chi connectivity index (χ3n) is 4.20. The summed E-state index contributed by atoms with van der Waals surface area (Å²) in [5.41, 5.74) is 0.223. The molecule has 10 heteroatoms. The summed E-state index contributed by atoms with van der Waals surface area (Å²) in [4.78, 5) is 12.6. The van der Waals surface area contributed by atoms with E-state index in [1.165, 1.54) is 50.5 Å². The molecule has 0 unspecified atom stereocenters. The molecule has 8 nitrogen and oxygen atoms in total. The predicted molar refractivity (Wildman–Crippen MR) is 105 cm³/mol. The first kappa shape index (κ1) is 20.5. The topological polar surface area (TPSA) is 113 Å². The second-order valence-corrected chi connectivity index (χ2v) is 10.5. The second-order valence-electron chi connectivity index (χ2n) is 6.66. The van der Waals surface area contributed by atoms with Crippen LogP contribution in [0.15, 0.2) is 58.3 Å². The minimum atomic E-state index is -3.76. The maximum absolute atomic E-state index is 12.6. The maximum Gasteiger partial charge on any atom is 0.255 e. The van der Waals surface area contributed by atoms with Crippen LogP contribution in [0.25, 0.3) is 0 Å². The molecule has 0 heterocycles. The molecule has 0 saturated heterocycles. The van der Waals surface area contributed by atoms with Gasteiger partial charge in [0.05, 0.1) is 10.6 Å². The molecule has 2 aromatic carbocycles. The Morgan fingerprint density at radius 2 is 1.68 bits per heavy atom. The first-order chi connectivity index (χ1) is 13.1. The zero-order valence-corrected chi connectivity index (χ0v) is 17.0. The molecule has 1 amide bonds. The Morgan fingerprint density at radius 1 is 1.00 bits per heavy atom. The number of hydrogen-bond donors (Lipinski definition) is 2. The van der Waals surface area contributed by atoms with E-state index >= 15 is 0 Å². The zero-order valence-electron chi connectivity index (χ0n) is 15.4. The number of para-hydroxylation sites is 1. The van der Waals surface area contributed by atoms with Crippen molar-refractivity contribution in [3.8, 4) is 0 Å². The molecule has 0 aromatic heterocycles. The highest BCUT2D eigenvalue weighted by Crippen LogP contribution is 2.25. The Kier molecular flexibility index (Phi) is 5.57. The second kappa shape index (κ2) is 7.63. The van der Waals surface area contributed by atoms with Crippen molar-refractivity contribution >= 4 is 31.6 Å². The number of anilines is 1. The first-order valence-corrected chi connectivity index (χ1v) is 11.5. The highest BCUT2D eigenvalue weighted by atomic mass is 32.2. The first-order valence-electron chi connectivity index (χ1n) is 8.56. The van der Waals surface area contributed by atoms with Crippen LogP contribution < -0.4 is 10.0 Å². The Bertz CT molecular complexity index is 1110. The zero-order chi connectivity index (χ0) is 20.5. The number of carbonyl (C=O) groups is 1. The fourth-order valence-corrected chi connectivity index (χ4v) is 4.87. The lowest BCUT2D eigenvalue weighted by atomic mass is 10.2. The number of carbonyl (C=O) groups excluding carboxylic acids is 1. The monoisotopic (exact) mass is 423 g/mol. The van der Waals surface area contributed by atoms with Gasteiger partial charge in [-0.25, -0.2) is 25.9 Å². The Hall–Kier alpha value is -2.27. The molecule has 2 N–H and O–H groups in total. The van der Waals surface area contributed by atoms with Crippen LogP contribution in [0.5, 0.6) is 0 Å². The molecule has 2 aromatic rings. The Labute approximate surface area is 164 Å². The summed E-state index contributed by atoms with van der Waals surface area (Å²) in [6.07, 6.45) is 1.60. The van der Waals surface area contributed by atoms with Gasteiger partial charge in [-0.15, -0.1) is 0 Å². The quantitative estimate of drug-likeness (QED) is 0.703. The van der Waals surface area contributed by atoms with Gasteiger partial charge in [0.25, 0.3) is 5.91 Å². The van der Waals surface area contributed by atoms with Gasteiger partial charge in [-0.05, 0) is 43.2 Å². The molecular formula is C18H21N3O5S2. The fourth-order valence-electron chi connectivity index (χ4n) is 2.48. The van der Waals surface area contributed by atoms with Crippen molar-refractivity contribution in [2.75, 3.05) is 19.4 Å². The molecule has 28 heavy (non-hydrogen) atoms. The molecule has 1 aliphatic rings. The van der Waals surface area contributed by atoms with Crippen LogP contribution in [0.1, 0.15) is 23.2 Å².